The van der Waals surface area contributed by atoms with Gasteiger partial charge in [0.15, 0.2) is 0 Å². The summed E-state index contributed by atoms with van der Waals surface area (Å²) in [6, 6.07) is 42.9. The molecule has 6 heteroatoms. The molecule has 0 heterocycles. The summed E-state index contributed by atoms with van der Waals surface area (Å²) in [6.07, 6.45) is 1.54. The summed E-state index contributed by atoms with van der Waals surface area (Å²) in [5.74, 6) is 1.57. The summed E-state index contributed by atoms with van der Waals surface area (Å²) in [7, 11) is 3.32. The molecule has 1 unspecified atom stereocenters. The number of ether oxygens (including phenoxy) is 4. The first-order valence-electron chi connectivity index (χ1n) is 16.5. The van der Waals surface area contributed by atoms with Crippen molar-refractivity contribution >= 4 is 6.09 Å². The zero-order chi connectivity index (χ0) is 33.3. The topological polar surface area (TPSA) is 66.0 Å². The summed E-state index contributed by atoms with van der Waals surface area (Å²) in [5.41, 5.74) is 6.81. The second-order valence-corrected chi connectivity index (χ2v) is 12.0. The van der Waals surface area contributed by atoms with E-state index in [4.69, 9.17) is 18.9 Å². The minimum atomic E-state index is -0.925. The average Bonchev–Trinajstić information content (AvgIpc) is 3.46. The maximum absolute atomic E-state index is 12.7. The molecule has 0 spiro atoms. The molecule has 0 aliphatic heterocycles. The Kier molecular flexibility index (Phi) is 10.4. The first kappa shape index (κ1) is 32.9. The van der Waals surface area contributed by atoms with Crippen LogP contribution in [0, 0.1) is 6.92 Å². The first-order chi connectivity index (χ1) is 23.5. The van der Waals surface area contributed by atoms with Gasteiger partial charge in [0.05, 0.1) is 20.3 Å². The van der Waals surface area contributed by atoms with Gasteiger partial charge in [-0.3, -0.25) is 0 Å². The summed E-state index contributed by atoms with van der Waals surface area (Å²) in [6.45, 7) is 5.23. The monoisotopic (exact) mass is 640 g/mol. The Morgan fingerprint density at radius 2 is 1.19 bits per heavy atom. The number of alkyl carbamates (subject to hydrolysis) is 1. The molecule has 1 aliphatic rings. The van der Waals surface area contributed by atoms with E-state index in [1.54, 1.807) is 14.2 Å². The van der Waals surface area contributed by atoms with E-state index < -0.39 is 11.7 Å². The number of amides is 1. The van der Waals surface area contributed by atoms with E-state index >= 15 is 0 Å². The standard InChI is InChI=1S/C42H42NO5/c1-30(13-11-12-28-43-41(44)47-29-40-38-18-9-7-16-36(38)37-17-8-10-19-39(37)40)48-42(31-14-5-4-6-15-31,32-20-24-34(45-2)25-21-32)33-22-26-35(46-3)27-23-33/h4-10,14-27,30,40H,1,11-13,28-29H2,2-3H3,(H,43,44). The van der Waals surface area contributed by atoms with E-state index in [1.165, 1.54) is 22.3 Å². The van der Waals surface area contributed by atoms with Gasteiger partial charge in [-0.2, -0.15) is 0 Å². The molecule has 1 amide bonds. The maximum atomic E-state index is 12.7. The summed E-state index contributed by atoms with van der Waals surface area (Å²) in [4.78, 5) is 12.7. The van der Waals surface area contributed by atoms with Gasteiger partial charge in [-0.05, 0) is 89.4 Å². The fraction of sp³-hybridized carbons (Fsp3) is 0.238. The van der Waals surface area contributed by atoms with Crippen LogP contribution in [-0.4, -0.2) is 39.6 Å². The van der Waals surface area contributed by atoms with Gasteiger partial charge in [-0.1, -0.05) is 103 Å². The molecule has 0 saturated heterocycles. The Morgan fingerprint density at radius 3 is 1.73 bits per heavy atom. The van der Waals surface area contributed by atoms with Crippen LogP contribution in [0.2, 0.25) is 0 Å². The van der Waals surface area contributed by atoms with Crippen LogP contribution in [0.4, 0.5) is 4.79 Å². The summed E-state index contributed by atoms with van der Waals surface area (Å²) in [5, 5.41) is 2.93. The highest BCUT2D eigenvalue weighted by atomic mass is 16.5. The molecule has 6 nitrogen and oxygen atoms in total. The molecule has 245 valence electrons. The Balaban J connectivity index is 1.08. The van der Waals surface area contributed by atoms with Crippen molar-refractivity contribution in [2.45, 2.75) is 36.9 Å². The lowest BCUT2D eigenvalue weighted by molar-refractivity contribution is -0.0300. The summed E-state index contributed by atoms with van der Waals surface area (Å²) >= 11 is 0. The molecule has 1 atom stereocenters. The van der Waals surface area contributed by atoms with Crippen LogP contribution >= 0.6 is 0 Å². The van der Waals surface area contributed by atoms with Crippen LogP contribution in [0.1, 0.15) is 53.0 Å². The van der Waals surface area contributed by atoms with Gasteiger partial charge < -0.3 is 24.3 Å². The second kappa shape index (κ2) is 15.2. The van der Waals surface area contributed by atoms with E-state index in [0.29, 0.717) is 19.6 Å². The number of fused-ring (bicyclic) bond motifs is 3. The lowest BCUT2D eigenvalue weighted by Gasteiger charge is -2.38. The highest BCUT2D eigenvalue weighted by Gasteiger charge is 2.39. The quantitative estimate of drug-likeness (QED) is 0.0970. The second-order valence-electron chi connectivity index (χ2n) is 12.0. The van der Waals surface area contributed by atoms with Gasteiger partial charge in [0, 0.05) is 12.5 Å². The fourth-order valence-corrected chi connectivity index (χ4v) is 6.67. The minimum Gasteiger partial charge on any atom is -0.497 e. The molecule has 6 rings (SSSR count). The molecule has 0 saturated carbocycles. The molecule has 48 heavy (non-hydrogen) atoms. The van der Waals surface area contributed by atoms with Gasteiger partial charge in [-0.15, -0.1) is 0 Å². The lowest BCUT2D eigenvalue weighted by atomic mass is 9.79. The molecule has 5 aromatic rings. The Morgan fingerprint density at radius 1 is 0.688 bits per heavy atom. The highest BCUT2D eigenvalue weighted by Crippen LogP contribution is 2.45. The number of benzene rings is 5. The van der Waals surface area contributed by atoms with E-state index in [1.807, 2.05) is 91.0 Å². The van der Waals surface area contributed by atoms with Crippen LogP contribution in [0.25, 0.3) is 11.1 Å². The van der Waals surface area contributed by atoms with Crippen molar-refractivity contribution < 1.29 is 23.7 Å². The van der Waals surface area contributed by atoms with Crippen molar-refractivity contribution in [3.63, 3.8) is 0 Å². The van der Waals surface area contributed by atoms with Crippen molar-refractivity contribution in [2.24, 2.45) is 0 Å². The Hall–Kier alpha value is -5.07. The van der Waals surface area contributed by atoms with Crippen LogP contribution < -0.4 is 14.8 Å². The fourth-order valence-electron chi connectivity index (χ4n) is 6.67. The van der Waals surface area contributed by atoms with Gasteiger partial charge >= 0.3 is 6.09 Å². The summed E-state index contributed by atoms with van der Waals surface area (Å²) < 4.78 is 23.6. The van der Waals surface area contributed by atoms with E-state index in [0.717, 1.165) is 41.0 Å². The number of rotatable bonds is 14. The number of unbranched alkanes of at least 4 members (excludes halogenated alkanes) is 1. The van der Waals surface area contributed by atoms with Crippen molar-refractivity contribution in [2.75, 3.05) is 27.4 Å². The number of carbonyl (C=O) groups is 1. The zero-order valence-electron chi connectivity index (χ0n) is 27.6. The Bertz CT molecular complexity index is 1690. The lowest BCUT2D eigenvalue weighted by Crippen LogP contribution is -2.36. The van der Waals surface area contributed by atoms with Crippen LogP contribution in [-0.2, 0) is 15.1 Å². The molecule has 1 radical (unpaired) electrons. The Labute approximate surface area is 283 Å². The van der Waals surface area contributed by atoms with Gasteiger partial charge in [0.1, 0.15) is 23.7 Å². The number of carbonyl (C=O) groups excluding carboxylic acids is 1. The van der Waals surface area contributed by atoms with Crippen LogP contribution in [0.5, 0.6) is 11.5 Å². The van der Waals surface area contributed by atoms with E-state index in [2.05, 4.69) is 48.6 Å². The third-order valence-electron chi connectivity index (χ3n) is 9.08. The van der Waals surface area contributed by atoms with Gasteiger partial charge in [0.2, 0.25) is 0 Å². The van der Waals surface area contributed by atoms with Gasteiger partial charge in [0.25, 0.3) is 0 Å². The zero-order valence-corrected chi connectivity index (χ0v) is 27.6. The molecule has 0 bridgehead atoms. The van der Waals surface area contributed by atoms with Crippen molar-refractivity contribution in [3.05, 3.63) is 162 Å². The predicted molar refractivity (Wildman–Crippen MR) is 189 cm³/mol. The number of methoxy groups -OCH3 is 2. The smallest absolute Gasteiger partial charge is 0.407 e. The first-order valence-corrected chi connectivity index (χ1v) is 16.5. The number of hydrogen-bond donors (Lipinski definition) is 1. The normalized spacial score (nSPS) is 12.9. The highest BCUT2D eigenvalue weighted by molar-refractivity contribution is 5.79. The van der Waals surface area contributed by atoms with E-state index in [9.17, 15) is 4.79 Å². The minimum absolute atomic E-state index is 0.0357. The number of hydrogen-bond acceptors (Lipinski definition) is 5. The molecule has 5 aromatic carbocycles. The van der Waals surface area contributed by atoms with Crippen LogP contribution in [0.3, 0.4) is 0 Å². The molecular weight excluding hydrogens is 598 g/mol. The molecule has 1 N–H and O–H groups in total. The van der Waals surface area contributed by atoms with Gasteiger partial charge in [-0.25, -0.2) is 4.79 Å². The largest absolute Gasteiger partial charge is 0.497 e. The van der Waals surface area contributed by atoms with E-state index in [-0.39, 0.29) is 12.0 Å². The third kappa shape index (κ3) is 6.95. The molecule has 1 aliphatic carbocycles. The van der Waals surface area contributed by atoms with Crippen LogP contribution in [0.15, 0.2) is 127 Å². The molecule has 0 fully saturated rings. The van der Waals surface area contributed by atoms with Crippen molar-refractivity contribution in [1.29, 1.82) is 0 Å². The van der Waals surface area contributed by atoms with Crippen molar-refractivity contribution in [3.8, 4) is 22.6 Å². The molecular formula is C42H42NO5. The predicted octanol–water partition coefficient (Wildman–Crippen LogP) is 8.92. The SMILES string of the molecule is [CH2]C(CCCCNC(=O)OCC1c2ccccc2-c2ccccc21)OC(c1ccccc1)(c1ccc(OC)cc1)c1ccc(OC)cc1. The third-order valence-corrected chi connectivity index (χ3v) is 9.08. The maximum Gasteiger partial charge on any atom is 0.407 e. The molecule has 0 aromatic heterocycles. The van der Waals surface area contributed by atoms with Crippen molar-refractivity contribution in [1.82, 2.24) is 5.32 Å². The number of nitrogens with one attached hydrogen (secondary N) is 1. The average molecular weight is 641 g/mol.